The molecular formula is C33H32N2O3. The third-order valence-electron chi connectivity index (χ3n) is 7.71. The molecule has 6 rings (SSSR count). The van der Waals surface area contributed by atoms with E-state index in [0.29, 0.717) is 17.1 Å². The Kier molecular flexibility index (Phi) is 5.68. The van der Waals surface area contributed by atoms with E-state index in [4.69, 9.17) is 9.47 Å². The topological polar surface area (TPSA) is 50.8 Å². The number of nitrogens with zero attached hydrogens (tertiary/aromatic N) is 1. The second-order valence-corrected chi connectivity index (χ2v) is 10.2. The smallest absolute Gasteiger partial charge is 0.340 e. The fourth-order valence-corrected chi connectivity index (χ4v) is 5.92. The molecule has 0 radical (unpaired) electrons. The molecule has 0 bridgehead atoms. The van der Waals surface area contributed by atoms with Crippen LogP contribution in [-0.2, 0) is 10.3 Å². The Morgan fingerprint density at radius 1 is 0.789 bits per heavy atom. The molecule has 1 atom stereocenters. The van der Waals surface area contributed by atoms with Crippen molar-refractivity contribution in [2.45, 2.75) is 40.2 Å². The van der Waals surface area contributed by atoms with Gasteiger partial charge in [0.05, 0.1) is 16.8 Å². The number of hydrogen-bond acceptors (Lipinski definition) is 5. The molecule has 0 amide bonds. The van der Waals surface area contributed by atoms with Crippen molar-refractivity contribution < 1.29 is 14.3 Å². The van der Waals surface area contributed by atoms with Gasteiger partial charge >= 0.3 is 5.97 Å². The van der Waals surface area contributed by atoms with Crippen LogP contribution in [0.5, 0.6) is 11.5 Å². The zero-order valence-corrected chi connectivity index (χ0v) is 22.5. The predicted molar refractivity (Wildman–Crippen MR) is 152 cm³/mol. The molecule has 192 valence electrons. The van der Waals surface area contributed by atoms with E-state index < -0.39 is 5.60 Å². The summed E-state index contributed by atoms with van der Waals surface area (Å²) in [6.45, 7) is 12.3. The van der Waals surface area contributed by atoms with Crippen LogP contribution in [0.2, 0.25) is 0 Å². The van der Waals surface area contributed by atoms with Crippen molar-refractivity contribution in [2.75, 3.05) is 23.3 Å². The van der Waals surface area contributed by atoms with Crippen LogP contribution in [0.1, 0.15) is 57.6 Å². The van der Waals surface area contributed by atoms with Crippen LogP contribution < -0.4 is 15.0 Å². The molecule has 0 aromatic heterocycles. The first-order valence-corrected chi connectivity index (χ1v) is 13.2. The lowest BCUT2D eigenvalue weighted by atomic mass is 9.76. The number of anilines is 3. The molecule has 38 heavy (non-hydrogen) atoms. The van der Waals surface area contributed by atoms with Gasteiger partial charge in [-0.2, -0.15) is 0 Å². The van der Waals surface area contributed by atoms with Crippen LogP contribution in [0.4, 0.5) is 17.1 Å². The third kappa shape index (κ3) is 3.57. The van der Waals surface area contributed by atoms with Gasteiger partial charge in [-0.1, -0.05) is 35.9 Å². The Labute approximate surface area is 224 Å². The molecule has 0 aliphatic carbocycles. The predicted octanol–water partition coefficient (Wildman–Crippen LogP) is 7.77. The standard InChI is InChI=1S/C33H32N2O3/c1-6-35(7-2)23-13-14-26-29(19-23)37-30-18-21(4)17-28(34-27-15-12-20(3)16-22(27)5)31(30)33(26)25-11-9-8-10-24(25)32(36)38-33/h8-19,34H,6-7H2,1-5H3. The SMILES string of the molecule is CCN(CC)c1ccc2c(c1)Oc1cc(C)cc(Nc3ccc(C)cc3C)c1C21OC(=O)c2ccccc21. The van der Waals surface area contributed by atoms with Gasteiger partial charge in [-0.15, -0.1) is 0 Å². The molecule has 1 spiro atoms. The number of ether oxygens (including phenoxy) is 2. The first kappa shape index (κ1) is 24.1. The summed E-state index contributed by atoms with van der Waals surface area (Å²) in [5.74, 6) is 1.06. The van der Waals surface area contributed by atoms with E-state index >= 15 is 0 Å². The summed E-state index contributed by atoms with van der Waals surface area (Å²) in [5, 5.41) is 3.66. The molecule has 2 aliphatic heterocycles. The number of hydrogen-bond donors (Lipinski definition) is 1. The molecule has 4 aromatic carbocycles. The molecule has 5 heteroatoms. The van der Waals surface area contributed by atoms with Gasteiger partial charge in [0.1, 0.15) is 11.5 Å². The molecule has 0 fully saturated rings. The fraction of sp³-hybridized carbons (Fsp3) is 0.242. The van der Waals surface area contributed by atoms with Crippen molar-refractivity contribution in [3.8, 4) is 11.5 Å². The van der Waals surface area contributed by atoms with Gasteiger partial charge in [0, 0.05) is 41.7 Å². The molecule has 5 nitrogen and oxygen atoms in total. The second kappa shape index (κ2) is 8.95. The van der Waals surface area contributed by atoms with Crippen LogP contribution in [0.3, 0.4) is 0 Å². The maximum atomic E-state index is 13.4. The van der Waals surface area contributed by atoms with E-state index in [1.165, 1.54) is 5.56 Å². The lowest BCUT2D eigenvalue weighted by Crippen LogP contribution is -2.34. The summed E-state index contributed by atoms with van der Waals surface area (Å²) in [6, 6.07) is 24.4. The zero-order valence-electron chi connectivity index (χ0n) is 22.5. The van der Waals surface area contributed by atoms with E-state index in [2.05, 4.69) is 87.3 Å². The molecule has 2 aliphatic rings. The van der Waals surface area contributed by atoms with Gasteiger partial charge in [0.25, 0.3) is 0 Å². The Morgan fingerprint density at radius 3 is 2.34 bits per heavy atom. The minimum Gasteiger partial charge on any atom is -0.456 e. The van der Waals surface area contributed by atoms with Gasteiger partial charge in [-0.3, -0.25) is 0 Å². The second-order valence-electron chi connectivity index (χ2n) is 10.2. The fourth-order valence-electron chi connectivity index (χ4n) is 5.92. The normalized spacial score (nSPS) is 16.8. The van der Waals surface area contributed by atoms with Gasteiger partial charge < -0.3 is 19.7 Å². The maximum absolute atomic E-state index is 13.4. The van der Waals surface area contributed by atoms with Crippen LogP contribution >= 0.6 is 0 Å². The largest absolute Gasteiger partial charge is 0.456 e. The Balaban J connectivity index is 1.63. The van der Waals surface area contributed by atoms with E-state index in [-0.39, 0.29) is 5.97 Å². The number of carbonyl (C=O) groups is 1. The average Bonchev–Trinajstić information content (AvgIpc) is 3.18. The van der Waals surface area contributed by atoms with Crippen molar-refractivity contribution in [2.24, 2.45) is 0 Å². The van der Waals surface area contributed by atoms with Crippen molar-refractivity contribution in [1.29, 1.82) is 0 Å². The molecule has 0 saturated carbocycles. The first-order valence-electron chi connectivity index (χ1n) is 13.2. The number of benzene rings is 4. The number of fused-ring (bicyclic) bond motifs is 6. The lowest BCUT2D eigenvalue weighted by molar-refractivity contribution is 0.0227. The quantitative estimate of drug-likeness (QED) is 0.281. The molecule has 2 heterocycles. The van der Waals surface area contributed by atoms with Gasteiger partial charge in [0.2, 0.25) is 0 Å². The van der Waals surface area contributed by atoms with E-state index in [0.717, 1.165) is 58.0 Å². The number of nitrogens with one attached hydrogen (secondary N) is 1. The Morgan fingerprint density at radius 2 is 1.58 bits per heavy atom. The number of aryl methyl sites for hydroxylation is 3. The summed E-state index contributed by atoms with van der Waals surface area (Å²) < 4.78 is 13.1. The first-order chi connectivity index (χ1) is 18.3. The summed E-state index contributed by atoms with van der Waals surface area (Å²) in [4.78, 5) is 15.6. The highest BCUT2D eigenvalue weighted by atomic mass is 16.6. The monoisotopic (exact) mass is 504 g/mol. The van der Waals surface area contributed by atoms with E-state index in [1.807, 2.05) is 30.3 Å². The minimum absolute atomic E-state index is 0.328. The Hall–Kier alpha value is -4.25. The van der Waals surface area contributed by atoms with Crippen LogP contribution in [-0.4, -0.2) is 19.1 Å². The van der Waals surface area contributed by atoms with Crippen molar-refractivity contribution in [3.05, 3.63) is 112 Å². The number of esters is 1. The van der Waals surface area contributed by atoms with Crippen molar-refractivity contribution >= 4 is 23.0 Å². The van der Waals surface area contributed by atoms with E-state index in [1.54, 1.807) is 0 Å². The molecule has 0 saturated heterocycles. The van der Waals surface area contributed by atoms with E-state index in [9.17, 15) is 4.79 Å². The van der Waals surface area contributed by atoms with Crippen LogP contribution in [0, 0.1) is 20.8 Å². The average molecular weight is 505 g/mol. The van der Waals surface area contributed by atoms with Crippen molar-refractivity contribution in [3.63, 3.8) is 0 Å². The Bertz CT molecular complexity index is 1590. The number of rotatable bonds is 5. The highest BCUT2D eigenvalue weighted by Crippen LogP contribution is 2.59. The van der Waals surface area contributed by atoms with Crippen LogP contribution in [0.15, 0.2) is 72.8 Å². The highest BCUT2D eigenvalue weighted by Gasteiger charge is 2.54. The zero-order chi connectivity index (χ0) is 26.6. The number of carbonyl (C=O) groups excluding carboxylic acids is 1. The van der Waals surface area contributed by atoms with Gasteiger partial charge in [0.15, 0.2) is 5.60 Å². The van der Waals surface area contributed by atoms with Crippen molar-refractivity contribution in [1.82, 2.24) is 0 Å². The summed E-state index contributed by atoms with van der Waals surface area (Å²) >= 11 is 0. The van der Waals surface area contributed by atoms with Gasteiger partial charge in [-0.25, -0.2) is 4.79 Å². The van der Waals surface area contributed by atoms with Gasteiger partial charge in [-0.05, 0) is 82.1 Å². The summed E-state index contributed by atoms with van der Waals surface area (Å²) in [5.41, 5.74) is 8.24. The molecule has 1 N–H and O–H groups in total. The molecule has 4 aromatic rings. The summed E-state index contributed by atoms with van der Waals surface area (Å²) in [7, 11) is 0. The third-order valence-corrected chi connectivity index (χ3v) is 7.71. The minimum atomic E-state index is -1.13. The van der Waals surface area contributed by atoms with Crippen LogP contribution in [0.25, 0.3) is 0 Å². The summed E-state index contributed by atoms with van der Waals surface area (Å²) in [6.07, 6.45) is 0. The molecule has 1 unspecified atom stereocenters. The maximum Gasteiger partial charge on any atom is 0.340 e. The highest BCUT2D eigenvalue weighted by molar-refractivity contribution is 5.98. The molecular weight excluding hydrogens is 472 g/mol. The lowest BCUT2D eigenvalue weighted by Gasteiger charge is -2.38.